The molecule has 1 heterocycles. The number of halogens is 1. The molecular weight excluding hydrogens is 348 g/mol. The Bertz CT molecular complexity index is 729. The highest BCUT2D eigenvalue weighted by Crippen LogP contribution is 2.25. The maximum absolute atomic E-state index is 11.9. The van der Waals surface area contributed by atoms with Gasteiger partial charge >= 0.3 is 0 Å². The smallest absolute Gasteiger partial charge is 0.248 e. The third-order valence-electron chi connectivity index (χ3n) is 2.95. The minimum absolute atomic E-state index is 0.108. The largest absolute Gasteiger partial charge is 0.468 e. The molecule has 0 aliphatic heterocycles. The molecule has 2 N–H and O–H groups in total. The molecule has 0 aliphatic carbocycles. The zero-order valence-corrected chi connectivity index (χ0v) is 14.6. The minimum Gasteiger partial charge on any atom is -0.468 e. The van der Waals surface area contributed by atoms with Gasteiger partial charge in [-0.15, -0.1) is 11.8 Å². The van der Waals surface area contributed by atoms with Crippen LogP contribution in [0.5, 0.6) is 0 Å². The SMILES string of the molecule is CCC(=O)Nc1ccc(Cl)c(NC(=O)/C=C/SCc2ccco2)c1. The first-order chi connectivity index (χ1) is 11.6. The van der Waals surface area contributed by atoms with Crippen molar-refractivity contribution in [2.24, 2.45) is 0 Å². The van der Waals surface area contributed by atoms with Crippen LogP contribution in [-0.4, -0.2) is 11.8 Å². The van der Waals surface area contributed by atoms with Gasteiger partial charge in [-0.1, -0.05) is 18.5 Å². The van der Waals surface area contributed by atoms with Gasteiger partial charge in [-0.05, 0) is 35.7 Å². The first-order valence-corrected chi connectivity index (χ1v) is 8.72. The average Bonchev–Trinajstić information content (AvgIpc) is 3.08. The lowest BCUT2D eigenvalue weighted by atomic mass is 10.2. The van der Waals surface area contributed by atoms with Gasteiger partial charge in [-0.2, -0.15) is 0 Å². The standard InChI is InChI=1S/C17H17ClN2O3S/c1-2-16(21)19-12-5-6-14(18)15(10-12)20-17(22)7-9-24-11-13-4-3-8-23-13/h3-10H,2,11H2,1H3,(H,19,21)(H,20,22)/b9-7+. The molecule has 0 radical (unpaired) electrons. The predicted molar refractivity (Wildman–Crippen MR) is 98.1 cm³/mol. The maximum Gasteiger partial charge on any atom is 0.248 e. The molecule has 1 aromatic carbocycles. The number of anilines is 2. The molecule has 2 aromatic rings. The second kappa shape index (κ2) is 9.20. The van der Waals surface area contributed by atoms with Crippen molar-refractivity contribution in [2.75, 3.05) is 10.6 Å². The first kappa shape index (κ1) is 18.2. The van der Waals surface area contributed by atoms with E-state index in [1.807, 2.05) is 12.1 Å². The first-order valence-electron chi connectivity index (χ1n) is 7.29. The van der Waals surface area contributed by atoms with Crippen molar-refractivity contribution in [3.8, 4) is 0 Å². The van der Waals surface area contributed by atoms with Crippen molar-refractivity contribution < 1.29 is 14.0 Å². The number of nitrogens with one attached hydrogen (secondary N) is 2. The van der Waals surface area contributed by atoms with Crippen LogP contribution >= 0.6 is 23.4 Å². The minimum atomic E-state index is -0.303. The molecule has 0 bridgehead atoms. The number of hydrogen-bond acceptors (Lipinski definition) is 4. The summed E-state index contributed by atoms with van der Waals surface area (Å²) in [4.78, 5) is 23.4. The van der Waals surface area contributed by atoms with Crippen molar-refractivity contribution in [3.05, 3.63) is 58.9 Å². The monoisotopic (exact) mass is 364 g/mol. The highest BCUT2D eigenvalue weighted by atomic mass is 35.5. The molecule has 0 aliphatic rings. The van der Waals surface area contributed by atoms with E-state index in [2.05, 4.69) is 10.6 Å². The average molecular weight is 365 g/mol. The van der Waals surface area contributed by atoms with Crippen LogP contribution in [0.15, 0.2) is 52.5 Å². The van der Waals surface area contributed by atoms with E-state index in [0.717, 1.165) is 5.76 Å². The zero-order valence-electron chi connectivity index (χ0n) is 13.0. The van der Waals surface area contributed by atoms with Crippen LogP contribution in [0.1, 0.15) is 19.1 Å². The van der Waals surface area contributed by atoms with Gasteiger partial charge in [0.05, 0.1) is 22.7 Å². The zero-order chi connectivity index (χ0) is 17.4. The number of carbonyl (C=O) groups excluding carboxylic acids is 2. The molecule has 1 aromatic heterocycles. The number of thioether (sulfide) groups is 1. The number of furan rings is 1. The Balaban J connectivity index is 1.90. The number of rotatable bonds is 7. The Kier molecular flexibility index (Phi) is 6.96. The van der Waals surface area contributed by atoms with Gasteiger partial charge in [0, 0.05) is 18.2 Å². The van der Waals surface area contributed by atoms with E-state index in [9.17, 15) is 9.59 Å². The molecular formula is C17H17ClN2O3S. The molecule has 2 amide bonds. The fourth-order valence-corrected chi connectivity index (χ4v) is 2.57. The Labute approximate surface area is 149 Å². The summed E-state index contributed by atoms with van der Waals surface area (Å²) >= 11 is 7.51. The van der Waals surface area contributed by atoms with E-state index < -0.39 is 0 Å². The quantitative estimate of drug-likeness (QED) is 0.700. The van der Waals surface area contributed by atoms with Crippen molar-refractivity contribution in [3.63, 3.8) is 0 Å². The van der Waals surface area contributed by atoms with E-state index >= 15 is 0 Å². The van der Waals surface area contributed by atoms with Crippen LogP contribution < -0.4 is 10.6 Å². The van der Waals surface area contributed by atoms with Crippen molar-refractivity contribution >= 4 is 46.6 Å². The Hall–Kier alpha value is -2.18. The topological polar surface area (TPSA) is 71.3 Å². The summed E-state index contributed by atoms with van der Waals surface area (Å²) in [5, 5.41) is 7.50. The molecule has 2 rings (SSSR count). The summed E-state index contributed by atoms with van der Waals surface area (Å²) in [7, 11) is 0. The molecule has 0 atom stereocenters. The number of carbonyl (C=O) groups is 2. The van der Waals surface area contributed by atoms with E-state index in [-0.39, 0.29) is 11.8 Å². The molecule has 0 spiro atoms. The third kappa shape index (κ3) is 5.79. The third-order valence-corrected chi connectivity index (χ3v) is 4.06. The fraction of sp³-hybridized carbons (Fsp3) is 0.176. The Morgan fingerprint density at radius 3 is 2.83 bits per heavy atom. The fourth-order valence-electron chi connectivity index (χ4n) is 1.76. The molecule has 0 saturated heterocycles. The van der Waals surface area contributed by atoms with E-state index in [1.165, 1.54) is 17.8 Å². The van der Waals surface area contributed by atoms with Crippen LogP contribution in [0.3, 0.4) is 0 Å². The molecule has 24 heavy (non-hydrogen) atoms. The molecule has 126 valence electrons. The van der Waals surface area contributed by atoms with Crippen LogP contribution in [0.2, 0.25) is 5.02 Å². The van der Waals surface area contributed by atoms with Crippen LogP contribution in [0.4, 0.5) is 11.4 Å². The summed E-state index contributed by atoms with van der Waals surface area (Å²) < 4.78 is 5.20. The van der Waals surface area contributed by atoms with Crippen molar-refractivity contribution in [2.45, 2.75) is 19.1 Å². The lowest BCUT2D eigenvalue weighted by molar-refractivity contribution is -0.116. The van der Waals surface area contributed by atoms with Gasteiger partial charge in [0.1, 0.15) is 5.76 Å². The van der Waals surface area contributed by atoms with E-state index in [0.29, 0.717) is 28.6 Å². The van der Waals surface area contributed by atoms with E-state index in [1.54, 1.807) is 36.8 Å². The second-order valence-corrected chi connectivity index (χ2v) is 6.08. The lowest BCUT2D eigenvalue weighted by Crippen LogP contribution is -2.11. The molecule has 0 fully saturated rings. The molecule has 5 nitrogen and oxygen atoms in total. The van der Waals surface area contributed by atoms with Crippen LogP contribution in [-0.2, 0) is 15.3 Å². The van der Waals surface area contributed by atoms with Gasteiger partial charge in [0.2, 0.25) is 11.8 Å². The van der Waals surface area contributed by atoms with Crippen molar-refractivity contribution in [1.82, 2.24) is 0 Å². The molecule has 0 saturated carbocycles. The second-order valence-electron chi connectivity index (χ2n) is 4.78. The predicted octanol–water partition coefficient (Wildman–Crippen LogP) is 4.67. The van der Waals surface area contributed by atoms with Gasteiger partial charge in [0.25, 0.3) is 0 Å². The van der Waals surface area contributed by atoms with Gasteiger partial charge in [-0.3, -0.25) is 9.59 Å². The van der Waals surface area contributed by atoms with Crippen LogP contribution in [0, 0.1) is 0 Å². The summed E-state index contributed by atoms with van der Waals surface area (Å²) in [6.45, 7) is 1.76. The van der Waals surface area contributed by atoms with Crippen molar-refractivity contribution in [1.29, 1.82) is 0 Å². The van der Waals surface area contributed by atoms with E-state index in [4.69, 9.17) is 16.0 Å². The van der Waals surface area contributed by atoms with Gasteiger partial charge in [-0.25, -0.2) is 0 Å². The highest BCUT2D eigenvalue weighted by molar-refractivity contribution is 8.01. The molecule has 7 heteroatoms. The number of hydrogen-bond donors (Lipinski definition) is 2. The Morgan fingerprint density at radius 1 is 1.29 bits per heavy atom. The molecule has 0 unspecified atom stereocenters. The van der Waals surface area contributed by atoms with Crippen LogP contribution in [0.25, 0.3) is 0 Å². The normalized spacial score (nSPS) is 10.8. The van der Waals surface area contributed by atoms with Gasteiger partial charge in [0.15, 0.2) is 0 Å². The summed E-state index contributed by atoms with van der Waals surface area (Å²) in [6, 6.07) is 8.62. The number of amides is 2. The lowest BCUT2D eigenvalue weighted by Gasteiger charge is -2.09. The summed E-state index contributed by atoms with van der Waals surface area (Å²) in [5.41, 5.74) is 1.02. The Morgan fingerprint density at radius 2 is 2.12 bits per heavy atom. The summed E-state index contributed by atoms with van der Waals surface area (Å²) in [5.74, 6) is 1.08. The highest BCUT2D eigenvalue weighted by Gasteiger charge is 2.06. The summed E-state index contributed by atoms with van der Waals surface area (Å²) in [6.07, 6.45) is 3.40. The maximum atomic E-state index is 11.9. The van der Waals surface area contributed by atoms with Gasteiger partial charge < -0.3 is 15.1 Å². The number of benzene rings is 1.